The highest BCUT2D eigenvalue weighted by Gasteiger charge is 2.32. The molecule has 0 saturated heterocycles. The molecule has 2 aromatic rings. The first-order chi connectivity index (χ1) is 9.94. The molecule has 0 aliphatic carbocycles. The first-order valence-corrected chi connectivity index (χ1v) is 6.56. The molecule has 1 aromatic carbocycles. The quantitative estimate of drug-likeness (QED) is 0.916. The van der Waals surface area contributed by atoms with Gasteiger partial charge in [0.2, 0.25) is 0 Å². The molecule has 0 aliphatic rings. The van der Waals surface area contributed by atoms with Gasteiger partial charge in [-0.05, 0) is 12.5 Å². The van der Waals surface area contributed by atoms with E-state index in [1.165, 1.54) is 0 Å². The van der Waals surface area contributed by atoms with E-state index < -0.39 is 18.6 Å². The predicted molar refractivity (Wildman–Crippen MR) is 73.5 cm³/mol. The van der Waals surface area contributed by atoms with Crippen molar-refractivity contribution in [1.29, 1.82) is 0 Å². The summed E-state index contributed by atoms with van der Waals surface area (Å²) in [5.41, 5.74) is 1.99. The summed E-state index contributed by atoms with van der Waals surface area (Å²) in [5, 5.41) is 2.91. The van der Waals surface area contributed by atoms with E-state index in [2.05, 4.69) is 15.3 Å². The summed E-state index contributed by atoms with van der Waals surface area (Å²) in [5.74, 6) is 0. The maximum absolute atomic E-state index is 12.7. The van der Waals surface area contributed by atoms with Gasteiger partial charge in [0.25, 0.3) is 0 Å². The van der Waals surface area contributed by atoms with Gasteiger partial charge in [0, 0.05) is 25.0 Å². The summed E-state index contributed by atoms with van der Waals surface area (Å²) in [6.07, 6.45) is -1.99. The van der Waals surface area contributed by atoms with Gasteiger partial charge in [0.15, 0.2) is 0 Å². The number of aryl methyl sites for hydroxylation is 1. The third kappa shape index (κ3) is 5.15. The van der Waals surface area contributed by atoms with Crippen LogP contribution in [-0.2, 0) is 6.54 Å². The van der Waals surface area contributed by atoms with E-state index >= 15 is 0 Å². The molecule has 21 heavy (non-hydrogen) atoms. The lowest BCUT2D eigenvalue weighted by molar-refractivity contribution is -0.140. The number of nitrogens with zero attached hydrogens (tertiary/aromatic N) is 2. The number of benzene rings is 1. The van der Waals surface area contributed by atoms with Crippen LogP contribution in [0.4, 0.5) is 13.2 Å². The van der Waals surface area contributed by atoms with E-state index in [9.17, 15) is 13.2 Å². The van der Waals surface area contributed by atoms with Gasteiger partial charge in [-0.1, -0.05) is 30.3 Å². The summed E-state index contributed by atoms with van der Waals surface area (Å²) >= 11 is 0. The molecule has 1 heterocycles. The Hall–Kier alpha value is -1.95. The van der Waals surface area contributed by atoms with Crippen molar-refractivity contribution in [3.05, 3.63) is 59.7 Å². The molecule has 2 rings (SSSR count). The fourth-order valence-corrected chi connectivity index (χ4v) is 1.96. The first-order valence-electron chi connectivity index (χ1n) is 6.56. The molecule has 112 valence electrons. The fourth-order valence-electron chi connectivity index (χ4n) is 1.96. The zero-order valence-corrected chi connectivity index (χ0v) is 11.6. The average molecular weight is 295 g/mol. The highest BCUT2D eigenvalue weighted by Crippen LogP contribution is 2.29. The Bertz CT molecular complexity index is 553. The Morgan fingerprint density at radius 1 is 1.10 bits per heavy atom. The monoisotopic (exact) mass is 295 g/mol. The lowest BCUT2D eigenvalue weighted by atomic mass is 10.0. The summed E-state index contributed by atoms with van der Waals surface area (Å²) in [7, 11) is 0. The largest absolute Gasteiger partial charge is 0.390 e. The number of nitrogens with one attached hydrogen (secondary N) is 1. The molecule has 0 amide bonds. The van der Waals surface area contributed by atoms with Gasteiger partial charge in [-0.2, -0.15) is 13.2 Å². The Labute approximate surface area is 121 Å². The third-order valence-electron chi connectivity index (χ3n) is 3.00. The molecule has 0 aliphatic heterocycles. The van der Waals surface area contributed by atoms with Gasteiger partial charge in [-0.3, -0.25) is 9.97 Å². The minimum atomic E-state index is -4.23. The van der Waals surface area contributed by atoms with Crippen LogP contribution >= 0.6 is 0 Å². The molecule has 1 unspecified atom stereocenters. The average Bonchev–Trinajstić information content (AvgIpc) is 2.45. The van der Waals surface area contributed by atoms with Crippen LogP contribution in [0, 0.1) is 6.92 Å². The van der Waals surface area contributed by atoms with E-state index in [0.29, 0.717) is 11.3 Å². The minimum Gasteiger partial charge on any atom is -0.304 e. The maximum atomic E-state index is 12.7. The van der Waals surface area contributed by atoms with Gasteiger partial charge in [-0.25, -0.2) is 0 Å². The van der Waals surface area contributed by atoms with Gasteiger partial charge < -0.3 is 5.32 Å². The lowest BCUT2D eigenvalue weighted by Crippen LogP contribution is -2.26. The minimum absolute atomic E-state index is 0.239. The second kappa shape index (κ2) is 6.67. The lowest BCUT2D eigenvalue weighted by Gasteiger charge is -2.20. The van der Waals surface area contributed by atoms with Crippen LogP contribution in [0.2, 0.25) is 0 Å². The zero-order chi connectivity index (χ0) is 15.3. The highest BCUT2D eigenvalue weighted by molar-refractivity contribution is 5.19. The summed E-state index contributed by atoms with van der Waals surface area (Å²) in [6, 6.07) is 7.81. The molecular formula is C15H16F3N3. The summed E-state index contributed by atoms with van der Waals surface area (Å²) in [4.78, 5) is 8.21. The van der Waals surface area contributed by atoms with E-state index in [1.54, 1.807) is 49.6 Å². The number of rotatable bonds is 5. The van der Waals surface area contributed by atoms with Crippen LogP contribution in [0.1, 0.15) is 29.4 Å². The Balaban J connectivity index is 2.07. The molecule has 1 atom stereocenters. The van der Waals surface area contributed by atoms with Crippen LogP contribution < -0.4 is 5.32 Å². The van der Waals surface area contributed by atoms with Gasteiger partial charge in [0.1, 0.15) is 0 Å². The molecule has 0 saturated carbocycles. The topological polar surface area (TPSA) is 37.8 Å². The summed E-state index contributed by atoms with van der Waals surface area (Å²) in [6.45, 7) is 2.05. The number of halogens is 3. The van der Waals surface area contributed by atoms with Crippen molar-refractivity contribution >= 4 is 0 Å². The van der Waals surface area contributed by atoms with Crippen LogP contribution in [0.25, 0.3) is 0 Å². The number of hydrogen-bond donors (Lipinski definition) is 1. The van der Waals surface area contributed by atoms with E-state index in [1.807, 2.05) is 0 Å². The summed E-state index contributed by atoms with van der Waals surface area (Å²) < 4.78 is 38.1. The first kappa shape index (κ1) is 15.4. The van der Waals surface area contributed by atoms with Crippen LogP contribution in [0.3, 0.4) is 0 Å². The molecule has 0 spiro atoms. The predicted octanol–water partition coefficient (Wildman–Crippen LogP) is 3.57. The number of alkyl halides is 3. The number of aromatic nitrogens is 2. The molecular weight excluding hydrogens is 279 g/mol. The van der Waals surface area contributed by atoms with Crippen molar-refractivity contribution in [2.75, 3.05) is 0 Å². The van der Waals surface area contributed by atoms with E-state index in [-0.39, 0.29) is 6.54 Å². The molecule has 6 heteroatoms. The van der Waals surface area contributed by atoms with Gasteiger partial charge in [0.05, 0.1) is 17.8 Å². The number of hydrogen-bond acceptors (Lipinski definition) is 3. The molecule has 1 N–H and O–H groups in total. The Morgan fingerprint density at radius 2 is 1.81 bits per heavy atom. The fraction of sp³-hybridized carbons (Fsp3) is 0.333. The van der Waals surface area contributed by atoms with Gasteiger partial charge in [-0.15, -0.1) is 0 Å². The van der Waals surface area contributed by atoms with Gasteiger partial charge >= 0.3 is 6.18 Å². The van der Waals surface area contributed by atoms with Crippen molar-refractivity contribution in [3.63, 3.8) is 0 Å². The van der Waals surface area contributed by atoms with Crippen LogP contribution in [0.5, 0.6) is 0 Å². The van der Waals surface area contributed by atoms with E-state index in [4.69, 9.17) is 0 Å². The second-order valence-corrected chi connectivity index (χ2v) is 4.81. The Morgan fingerprint density at radius 3 is 2.38 bits per heavy atom. The van der Waals surface area contributed by atoms with Crippen molar-refractivity contribution in [2.45, 2.75) is 32.1 Å². The zero-order valence-electron chi connectivity index (χ0n) is 11.6. The SMILES string of the molecule is Cc1cnc(CNC(CC(F)(F)F)c2ccccc2)cn1. The smallest absolute Gasteiger partial charge is 0.304 e. The van der Waals surface area contributed by atoms with Crippen LogP contribution in [-0.4, -0.2) is 16.1 Å². The van der Waals surface area contributed by atoms with Crippen LogP contribution in [0.15, 0.2) is 42.7 Å². The van der Waals surface area contributed by atoms with E-state index in [0.717, 1.165) is 5.69 Å². The molecule has 3 nitrogen and oxygen atoms in total. The molecule has 0 fully saturated rings. The highest BCUT2D eigenvalue weighted by atomic mass is 19.4. The van der Waals surface area contributed by atoms with Crippen molar-refractivity contribution < 1.29 is 13.2 Å². The van der Waals surface area contributed by atoms with Crippen molar-refractivity contribution in [1.82, 2.24) is 15.3 Å². The molecule has 1 aromatic heterocycles. The standard InChI is InChI=1S/C15H16F3N3/c1-11-8-20-13(9-19-11)10-21-14(7-15(16,17)18)12-5-3-2-4-6-12/h2-6,8-9,14,21H,7,10H2,1H3. The second-order valence-electron chi connectivity index (χ2n) is 4.81. The maximum Gasteiger partial charge on any atom is 0.390 e. The molecule has 0 bridgehead atoms. The van der Waals surface area contributed by atoms with Crippen molar-refractivity contribution in [3.8, 4) is 0 Å². The normalized spacial score (nSPS) is 13.1. The Kier molecular flexibility index (Phi) is 4.90. The molecule has 0 radical (unpaired) electrons. The third-order valence-corrected chi connectivity index (χ3v) is 3.00. The van der Waals surface area contributed by atoms with Crippen molar-refractivity contribution in [2.24, 2.45) is 0 Å².